The Morgan fingerprint density at radius 1 is 1.06 bits per heavy atom. The second kappa shape index (κ2) is 10.1. The molecule has 7 nitrogen and oxygen atoms in total. The van der Waals surface area contributed by atoms with Crippen molar-refractivity contribution in [3.05, 3.63) is 68.6 Å². The van der Waals surface area contributed by atoms with E-state index in [-0.39, 0.29) is 11.0 Å². The number of hydrogen-bond acceptors (Lipinski definition) is 6. The summed E-state index contributed by atoms with van der Waals surface area (Å²) in [6, 6.07) is 14.5. The van der Waals surface area contributed by atoms with Gasteiger partial charge in [-0.2, -0.15) is 0 Å². The quantitative estimate of drug-likeness (QED) is 0.252. The van der Waals surface area contributed by atoms with Gasteiger partial charge in [0.25, 0.3) is 5.91 Å². The van der Waals surface area contributed by atoms with Gasteiger partial charge in [0.2, 0.25) is 5.89 Å². The summed E-state index contributed by atoms with van der Waals surface area (Å²) in [6.07, 6.45) is 0. The number of carbonyl (C=O) groups excluding carboxylic acids is 1. The molecule has 0 fully saturated rings. The van der Waals surface area contributed by atoms with Gasteiger partial charge in [0.05, 0.1) is 24.3 Å². The first-order valence-electron chi connectivity index (χ1n) is 10.00. The SMILES string of the molecule is COc1ccc(-c2nc3cc(NC(=S)NC(=O)c4cc(Br)cc(C)c4OC)ccc3o2)cc1Br. The van der Waals surface area contributed by atoms with Crippen molar-refractivity contribution in [1.29, 1.82) is 0 Å². The molecule has 1 aromatic heterocycles. The molecule has 0 saturated carbocycles. The van der Waals surface area contributed by atoms with Crippen molar-refractivity contribution in [2.75, 3.05) is 19.5 Å². The largest absolute Gasteiger partial charge is 0.496 e. The van der Waals surface area contributed by atoms with Crippen LogP contribution < -0.4 is 20.1 Å². The number of hydrogen-bond donors (Lipinski definition) is 2. The van der Waals surface area contributed by atoms with Crippen LogP contribution in [0.3, 0.4) is 0 Å². The van der Waals surface area contributed by atoms with Crippen LogP contribution in [0.4, 0.5) is 5.69 Å². The lowest BCUT2D eigenvalue weighted by atomic mass is 10.1. The van der Waals surface area contributed by atoms with E-state index in [4.69, 9.17) is 26.1 Å². The van der Waals surface area contributed by atoms with Gasteiger partial charge in [-0.05, 0) is 89.2 Å². The summed E-state index contributed by atoms with van der Waals surface area (Å²) in [7, 11) is 3.13. The number of carbonyl (C=O) groups is 1. The maximum atomic E-state index is 12.8. The number of nitrogens with one attached hydrogen (secondary N) is 2. The summed E-state index contributed by atoms with van der Waals surface area (Å²) in [4.78, 5) is 17.4. The maximum absolute atomic E-state index is 12.8. The summed E-state index contributed by atoms with van der Waals surface area (Å²) < 4.78 is 18.1. The van der Waals surface area contributed by atoms with Crippen LogP contribution >= 0.6 is 44.1 Å². The molecule has 10 heteroatoms. The van der Waals surface area contributed by atoms with Gasteiger partial charge in [0, 0.05) is 15.7 Å². The minimum Gasteiger partial charge on any atom is -0.496 e. The number of fused-ring (bicyclic) bond motifs is 1. The molecule has 0 unspecified atom stereocenters. The number of halogens is 2. The fraction of sp³-hybridized carbons (Fsp3) is 0.125. The van der Waals surface area contributed by atoms with E-state index < -0.39 is 0 Å². The average Bonchev–Trinajstić information content (AvgIpc) is 3.22. The second-order valence-corrected chi connectivity index (χ2v) is 9.44. The zero-order valence-corrected chi connectivity index (χ0v) is 22.4. The van der Waals surface area contributed by atoms with Crippen LogP contribution in [0.2, 0.25) is 0 Å². The molecule has 4 aromatic rings. The molecule has 1 amide bonds. The number of rotatable bonds is 5. The van der Waals surface area contributed by atoms with Gasteiger partial charge in [-0.1, -0.05) is 15.9 Å². The lowest BCUT2D eigenvalue weighted by molar-refractivity contribution is 0.0974. The molecule has 0 aliphatic carbocycles. The number of thiocarbonyl (C=S) groups is 1. The Morgan fingerprint density at radius 3 is 2.56 bits per heavy atom. The predicted octanol–water partition coefficient (Wildman–Crippen LogP) is 6.47. The average molecular weight is 605 g/mol. The van der Waals surface area contributed by atoms with E-state index in [1.165, 1.54) is 7.11 Å². The third kappa shape index (κ3) is 5.08. The minimum absolute atomic E-state index is 0.145. The van der Waals surface area contributed by atoms with Crippen LogP contribution in [0.1, 0.15) is 15.9 Å². The van der Waals surface area contributed by atoms with Crippen LogP contribution in [0.25, 0.3) is 22.6 Å². The summed E-state index contributed by atoms with van der Waals surface area (Å²) in [6.45, 7) is 1.86. The van der Waals surface area contributed by atoms with E-state index in [1.807, 2.05) is 31.2 Å². The maximum Gasteiger partial charge on any atom is 0.261 e. The zero-order valence-electron chi connectivity index (χ0n) is 18.4. The molecule has 4 rings (SSSR count). The second-order valence-electron chi connectivity index (χ2n) is 7.26. The summed E-state index contributed by atoms with van der Waals surface area (Å²) in [5, 5.41) is 5.85. The molecule has 3 aromatic carbocycles. The molecule has 0 aliphatic heterocycles. The standard InChI is InChI=1S/C24H19Br2N3O4S/c1-12-8-14(25)10-16(21(12)32-3)22(30)29-24(34)27-15-5-7-20-18(11-15)28-23(33-20)13-4-6-19(31-2)17(26)9-13/h4-11H,1-3H3,(H2,27,29,30,34). The van der Waals surface area contributed by atoms with Crippen LogP contribution in [0.5, 0.6) is 11.5 Å². The van der Waals surface area contributed by atoms with Crippen molar-refractivity contribution in [2.24, 2.45) is 0 Å². The number of oxazole rings is 1. The minimum atomic E-state index is -0.381. The Morgan fingerprint density at radius 2 is 1.85 bits per heavy atom. The molecule has 0 saturated heterocycles. The molecule has 2 N–H and O–H groups in total. The first-order valence-corrected chi connectivity index (χ1v) is 12.0. The lowest BCUT2D eigenvalue weighted by Gasteiger charge is -2.13. The van der Waals surface area contributed by atoms with E-state index in [2.05, 4.69) is 47.5 Å². The number of ether oxygens (including phenoxy) is 2. The van der Waals surface area contributed by atoms with Crippen LogP contribution in [-0.4, -0.2) is 30.2 Å². The normalized spacial score (nSPS) is 10.7. The number of aromatic nitrogens is 1. The number of nitrogens with zero attached hydrogens (tertiary/aromatic N) is 1. The Kier molecular flexibility index (Phi) is 7.20. The highest BCUT2D eigenvalue weighted by Gasteiger charge is 2.17. The van der Waals surface area contributed by atoms with Gasteiger partial charge in [-0.25, -0.2) is 4.98 Å². The molecule has 0 radical (unpaired) electrons. The van der Waals surface area contributed by atoms with Gasteiger partial charge < -0.3 is 19.2 Å². The molecular formula is C24H19Br2N3O4S. The monoisotopic (exact) mass is 603 g/mol. The first-order chi connectivity index (χ1) is 16.3. The highest BCUT2D eigenvalue weighted by molar-refractivity contribution is 9.10. The van der Waals surface area contributed by atoms with Crippen molar-refractivity contribution < 1.29 is 18.7 Å². The molecule has 0 aliphatic rings. The Labute approximate surface area is 218 Å². The molecule has 0 bridgehead atoms. The highest BCUT2D eigenvalue weighted by Crippen LogP contribution is 2.32. The third-order valence-corrected chi connectivity index (χ3v) is 6.24. The lowest BCUT2D eigenvalue weighted by Crippen LogP contribution is -2.34. The van der Waals surface area contributed by atoms with Gasteiger partial charge in [-0.15, -0.1) is 0 Å². The molecule has 0 spiro atoms. The van der Waals surface area contributed by atoms with Gasteiger partial charge >= 0.3 is 0 Å². The summed E-state index contributed by atoms with van der Waals surface area (Å²) >= 11 is 12.2. The van der Waals surface area contributed by atoms with Crippen molar-refractivity contribution >= 4 is 71.9 Å². The van der Waals surface area contributed by atoms with Gasteiger partial charge in [0.1, 0.15) is 17.0 Å². The summed E-state index contributed by atoms with van der Waals surface area (Å²) in [5.74, 6) is 1.31. The van der Waals surface area contributed by atoms with E-state index in [1.54, 1.807) is 31.4 Å². The predicted molar refractivity (Wildman–Crippen MR) is 143 cm³/mol. The Bertz CT molecular complexity index is 1420. The van der Waals surface area contributed by atoms with Gasteiger partial charge in [0.15, 0.2) is 10.7 Å². The van der Waals surface area contributed by atoms with E-state index >= 15 is 0 Å². The zero-order chi connectivity index (χ0) is 24.4. The fourth-order valence-corrected chi connectivity index (χ4v) is 4.75. The first kappa shape index (κ1) is 24.2. The molecule has 1 heterocycles. The van der Waals surface area contributed by atoms with Crippen molar-refractivity contribution in [3.63, 3.8) is 0 Å². The van der Waals surface area contributed by atoms with Crippen molar-refractivity contribution in [1.82, 2.24) is 10.3 Å². The molecule has 0 atom stereocenters. The van der Waals surface area contributed by atoms with E-state index in [0.29, 0.717) is 34.0 Å². The van der Waals surface area contributed by atoms with Crippen molar-refractivity contribution in [2.45, 2.75) is 6.92 Å². The number of methoxy groups -OCH3 is 2. The Hall–Kier alpha value is -2.95. The van der Waals surface area contributed by atoms with Gasteiger partial charge in [-0.3, -0.25) is 10.1 Å². The van der Waals surface area contributed by atoms with Crippen LogP contribution in [0.15, 0.2) is 61.9 Å². The topological polar surface area (TPSA) is 85.6 Å². The van der Waals surface area contributed by atoms with E-state index in [0.717, 1.165) is 25.8 Å². The van der Waals surface area contributed by atoms with Crippen LogP contribution in [-0.2, 0) is 0 Å². The smallest absolute Gasteiger partial charge is 0.261 e. The molecular weight excluding hydrogens is 586 g/mol. The van der Waals surface area contributed by atoms with Crippen molar-refractivity contribution in [3.8, 4) is 23.0 Å². The third-order valence-electron chi connectivity index (χ3n) is 4.96. The van der Waals surface area contributed by atoms with Crippen LogP contribution in [0, 0.1) is 6.92 Å². The fourth-order valence-electron chi connectivity index (χ4n) is 3.43. The number of aryl methyl sites for hydroxylation is 1. The molecule has 34 heavy (non-hydrogen) atoms. The number of anilines is 1. The summed E-state index contributed by atoms with van der Waals surface area (Å²) in [5.41, 5.74) is 3.94. The Balaban J connectivity index is 1.51. The number of amides is 1. The number of benzene rings is 3. The highest BCUT2D eigenvalue weighted by atomic mass is 79.9. The van der Waals surface area contributed by atoms with E-state index in [9.17, 15) is 4.79 Å². The molecule has 174 valence electrons.